The van der Waals surface area contributed by atoms with Gasteiger partial charge in [0.05, 0.1) is 0 Å². The van der Waals surface area contributed by atoms with Crippen LogP contribution in [0.2, 0.25) is 0 Å². The zero-order valence-electron chi connectivity index (χ0n) is 11.9. The van der Waals surface area contributed by atoms with Gasteiger partial charge < -0.3 is 10.1 Å². The molecule has 0 radical (unpaired) electrons. The van der Waals surface area contributed by atoms with Crippen LogP contribution >= 0.6 is 0 Å². The molecule has 3 heteroatoms. The number of hydrogen-bond acceptors (Lipinski definition) is 3. The van der Waals surface area contributed by atoms with E-state index in [1.807, 2.05) is 0 Å². The molecule has 0 bridgehead atoms. The van der Waals surface area contributed by atoms with Crippen molar-refractivity contribution in [3.63, 3.8) is 0 Å². The van der Waals surface area contributed by atoms with E-state index < -0.39 is 0 Å². The lowest BCUT2D eigenvalue weighted by Crippen LogP contribution is -2.53. The highest BCUT2D eigenvalue weighted by molar-refractivity contribution is 5.76. The van der Waals surface area contributed by atoms with Gasteiger partial charge in [0.15, 0.2) is 0 Å². The highest BCUT2D eigenvalue weighted by atomic mass is 16.5. The Morgan fingerprint density at radius 3 is 2.42 bits per heavy atom. The fourth-order valence-corrected chi connectivity index (χ4v) is 4.11. The normalized spacial score (nSPS) is 36.5. The number of hydrogen-bond donors (Lipinski definition) is 1. The van der Waals surface area contributed by atoms with Gasteiger partial charge in [-0.3, -0.25) is 4.79 Å². The van der Waals surface area contributed by atoms with Crippen molar-refractivity contribution in [2.75, 3.05) is 0 Å². The zero-order chi connectivity index (χ0) is 13.1. The van der Waals surface area contributed by atoms with Crippen LogP contribution in [0.1, 0.15) is 70.6 Å². The maximum atomic E-state index is 12.3. The predicted octanol–water partition coefficient (Wildman–Crippen LogP) is 3.17. The first-order valence-corrected chi connectivity index (χ1v) is 8.29. The molecule has 1 N–H and O–H groups in total. The summed E-state index contributed by atoms with van der Waals surface area (Å²) in [5.74, 6) is 0.836. The van der Waals surface area contributed by atoms with E-state index in [-0.39, 0.29) is 18.1 Å². The maximum Gasteiger partial charge on any atom is 0.323 e. The Balaban J connectivity index is 1.49. The van der Waals surface area contributed by atoms with Gasteiger partial charge in [0.25, 0.3) is 0 Å². The average molecular weight is 265 g/mol. The molecule has 108 valence electrons. The summed E-state index contributed by atoms with van der Waals surface area (Å²) in [6, 6.07) is 0.549. The number of rotatable bonds is 2. The second-order valence-corrected chi connectivity index (χ2v) is 6.64. The van der Waals surface area contributed by atoms with Gasteiger partial charge in [-0.05, 0) is 57.3 Å². The Bertz CT molecular complexity index is 312. The summed E-state index contributed by atoms with van der Waals surface area (Å²) in [6.07, 6.45) is 13.6. The van der Waals surface area contributed by atoms with Crippen LogP contribution in [0, 0.1) is 5.92 Å². The Morgan fingerprint density at radius 1 is 0.842 bits per heavy atom. The Morgan fingerprint density at radius 2 is 1.58 bits per heavy atom. The van der Waals surface area contributed by atoms with Gasteiger partial charge in [0, 0.05) is 6.04 Å². The summed E-state index contributed by atoms with van der Waals surface area (Å²) in [5, 5.41) is 3.57. The first-order chi connectivity index (χ1) is 9.33. The van der Waals surface area contributed by atoms with Crippen LogP contribution in [0.4, 0.5) is 0 Å². The minimum atomic E-state index is -0.0266. The van der Waals surface area contributed by atoms with E-state index in [9.17, 15) is 4.79 Å². The molecule has 2 aliphatic carbocycles. The molecule has 19 heavy (non-hydrogen) atoms. The van der Waals surface area contributed by atoms with Gasteiger partial charge in [0.1, 0.15) is 12.1 Å². The summed E-state index contributed by atoms with van der Waals surface area (Å²) in [5.41, 5.74) is 0. The highest BCUT2D eigenvalue weighted by Crippen LogP contribution is 2.32. The molecule has 3 aliphatic rings. The number of carbonyl (C=O) groups is 1. The molecule has 1 aliphatic heterocycles. The minimum Gasteiger partial charge on any atom is -0.461 e. The van der Waals surface area contributed by atoms with Crippen LogP contribution in [0.3, 0.4) is 0 Å². The number of fused-ring (bicyclic) bond motifs is 1. The van der Waals surface area contributed by atoms with E-state index in [0.29, 0.717) is 6.04 Å². The second kappa shape index (κ2) is 6.25. The zero-order valence-corrected chi connectivity index (χ0v) is 11.9. The van der Waals surface area contributed by atoms with Gasteiger partial charge in [-0.15, -0.1) is 0 Å². The lowest BCUT2D eigenvalue weighted by molar-refractivity contribution is -0.154. The Kier molecular flexibility index (Phi) is 4.42. The first kappa shape index (κ1) is 13.4. The van der Waals surface area contributed by atoms with Gasteiger partial charge in [-0.2, -0.15) is 0 Å². The van der Waals surface area contributed by atoms with Crippen LogP contribution in [0.15, 0.2) is 0 Å². The summed E-state index contributed by atoms with van der Waals surface area (Å²) < 4.78 is 5.71. The summed E-state index contributed by atoms with van der Waals surface area (Å²) in [7, 11) is 0. The van der Waals surface area contributed by atoms with Gasteiger partial charge in [0.2, 0.25) is 0 Å². The van der Waals surface area contributed by atoms with Crippen molar-refractivity contribution in [2.45, 2.75) is 88.8 Å². The summed E-state index contributed by atoms with van der Waals surface area (Å²) in [6.45, 7) is 0. The van der Waals surface area contributed by atoms with Crippen molar-refractivity contribution < 1.29 is 9.53 Å². The molecule has 3 unspecified atom stereocenters. The third-order valence-electron chi connectivity index (χ3n) is 5.27. The molecule has 1 saturated heterocycles. The lowest BCUT2D eigenvalue weighted by atomic mass is 9.78. The predicted molar refractivity (Wildman–Crippen MR) is 74.9 cm³/mol. The van der Waals surface area contributed by atoms with Gasteiger partial charge >= 0.3 is 5.97 Å². The second-order valence-electron chi connectivity index (χ2n) is 6.64. The van der Waals surface area contributed by atoms with Crippen molar-refractivity contribution >= 4 is 5.97 Å². The number of esters is 1. The molecule has 3 rings (SSSR count). The molecule has 0 aromatic carbocycles. The molecular weight excluding hydrogens is 238 g/mol. The third kappa shape index (κ3) is 3.31. The third-order valence-corrected chi connectivity index (χ3v) is 5.27. The van der Waals surface area contributed by atoms with Crippen LogP contribution in [-0.2, 0) is 9.53 Å². The number of nitrogens with one attached hydrogen (secondary N) is 1. The largest absolute Gasteiger partial charge is 0.461 e. The monoisotopic (exact) mass is 265 g/mol. The van der Waals surface area contributed by atoms with E-state index in [1.165, 1.54) is 51.4 Å². The van der Waals surface area contributed by atoms with E-state index in [4.69, 9.17) is 4.74 Å². The van der Waals surface area contributed by atoms with Gasteiger partial charge in [-0.1, -0.05) is 19.3 Å². The fraction of sp³-hybridized carbons (Fsp3) is 0.938. The van der Waals surface area contributed by atoms with Crippen molar-refractivity contribution in [1.29, 1.82) is 0 Å². The number of carbonyl (C=O) groups excluding carboxylic acids is 1. The van der Waals surface area contributed by atoms with Crippen LogP contribution in [0.25, 0.3) is 0 Å². The van der Waals surface area contributed by atoms with E-state index >= 15 is 0 Å². The van der Waals surface area contributed by atoms with E-state index in [1.54, 1.807) is 0 Å². The topological polar surface area (TPSA) is 38.3 Å². The van der Waals surface area contributed by atoms with Gasteiger partial charge in [-0.25, -0.2) is 0 Å². The van der Waals surface area contributed by atoms with Crippen LogP contribution in [-0.4, -0.2) is 24.2 Å². The molecule has 3 atom stereocenters. The number of ether oxygens (including phenoxy) is 1. The van der Waals surface area contributed by atoms with E-state index in [2.05, 4.69) is 5.32 Å². The fourth-order valence-electron chi connectivity index (χ4n) is 4.11. The van der Waals surface area contributed by atoms with E-state index in [0.717, 1.165) is 25.2 Å². The summed E-state index contributed by atoms with van der Waals surface area (Å²) in [4.78, 5) is 12.3. The average Bonchev–Trinajstić information content (AvgIpc) is 2.48. The molecule has 0 aromatic heterocycles. The molecule has 1 heterocycles. The Hall–Kier alpha value is -0.570. The van der Waals surface area contributed by atoms with Crippen LogP contribution < -0.4 is 5.32 Å². The molecule has 3 fully saturated rings. The molecule has 0 amide bonds. The van der Waals surface area contributed by atoms with Crippen molar-refractivity contribution in [1.82, 2.24) is 5.32 Å². The molecule has 0 aromatic rings. The van der Waals surface area contributed by atoms with Crippen LogP contribution in [0.5, 0.6) is 0 Å². The molecule has 3 nitrogen and oxygen atoms in total. The molecular formula is C16H27NO2. The highest BCUT2D eigenvalue weighted by Gasteiger charge is 2.35. The Labute approximate surface area is 116 Å². The van der Waals surface area contributed by atoms with Crippen molar-refractivity contribution in [3.8, 4) is 0 Å². The molecule has 0 spiro atoms. The van der Waals surface area contributed by atoms with Crippen molar-refractivity contribution in [3.05, 3.63) is 0 Å². The lowest BCUT2D eigenvalue weighted by Gasteiger charge is -2.40. The molecule has 2 saturated carbocycles. The standard InChI is InChI=1S/C16H27NO2/c18-16(19-13-7-2-1-3-8-13)15-11-10-12-6-4-5-9-14(12)17-15/h12-15,17H,1-11H2. The summed E-state index contributed by atoms with van der Waals surface area (Å²) >= 11 is 0. The van der Waals surface area contributed by atoms with Crippen molar-refractivity contribution in [2.24, 2.45) is 5.92 Å². The SMILES string of the molecule is O=C(OC1CCCCC1)C1CCC2CCCCC2N1. The minimum absolute atomic E-state index is 0.0240. The maximum absolute atomic E-state index is 12.3. The quantitative estimate of drug-likeness (QED) is 0.779. The number of piperidine rings is 1. The smallest absolute Gasteiger partial charge is 0.323 e. The first-order valence-electron chi connectivity index (χ1n) is 8.29.